The number of anilines is 2. The first kappa shape index (κ1) is 23.9. The van der Waals surface area contributed by atoms with Gasteiger partial charge in [-0.15, -0.1) is 0 Å². The highest BCUT2D eigenvalue weighted by molar-refractivity contribution is 5.71. The van der Waals surface area contributed by atoms with Crippen LogP contribution >= 0.6 is 0 Å². The second-order valence-corrected chi connectivity index (χ2v) is 9.41. The zero-order valence-corrected chi connectivity index (χ0v) is 20.6. The first-order valence-corrected chi connectivity index (χ1v) is 11.6. The largest absolute Gasteiger partial charge is 0.462 e. The number of hydrogen-bond donors (Lipinski definition) is 2. The van der Waals surface area contributed by atoms with Crippen molar-refractivity contribution in [2.75, 3.05) is 24.7 Å². The van der Waals surface area contributed by atoms with Crippen molar-refractivity contribution in [2.24, 2.45) is 5.92 Å². The molecule has 3 heterocycles. The topological polar surface area (TPSA) is 53.3 Å². The van der Waals surface area contributed by atoms with Crippen LogP contribution in [-0.2, 0) is 13.0 Å². The number of benzene rings is 1. The lowest BCUT2D eigenvalue weighted by molar-refractivity contribution is 0.402. The monoisotopic (exact) mass is 434 g/mol. The molecule has 0 radical (unpaired) electrons. The van der Waals surface area contributed by atoms with Gasteiger partial charge in [0.15, 0.2) is 12.0 Å². The van der Waals surface area contributed by atoms with Gasteiger partial charge in [0.05, 0.1) is 5.69 Å². The Hall–Kier alpha value is -2.79. The van der Waals surface area contributed by atoms with Crippen molar-refractivity contribution in [1.82, 2.24) is 9.88 Å². The molecule has 5 nitrogen and oxygen atoms in total. The molecule has 0 fully saturated rings. The molecule has 0 aliphatic carbocycles. The molecule has 0 amide bonds. The van der Waals surface area contributed by atoms with E-state index in [4.69, 9.17) is 4.42 Å². The van der Waals surface area contributed by atoms with Crippen LogP contribution in [0.5, 0.6) is 0 Å². The molecule has 5 heteroatoms. The lowest BCUT2D eigenvalue weighted by Gasteiger charge is -2.10. The molecule has 0 spiro atoms. The Morgan fingerprint density at radius 3 is 2.50 bits per heavy atom. The molecule has 1 aliphatic heterocycles. The first-order chi connectivity index (χ1) is 15.2. The summed E-state index contributed by atoms with van der Waals surface area (Å²) in [5, 5.41) is 6.88. The van der Waals surface area contributed by atoms with E-state index in [1.54, 1.807) is 0 Å². The molecular formula is C27H38N4O. The molecule has 2 N–H and O–H groups in total. The fourth-order valence-electron chi connectivity index (χ4n) is 3.48. The van der Waals surface area contributed by atoms with Crippen molar-refractivity contribution in [3.05, 3.63) is 76.4 Å². The summed E-state index contributed by atoms with van der Waals surface area (Å²) in [5.41, 5.74) is 6.08. The summed E-state index contributed by atoms with van der Waals surface area (Å²) < 4.78 is 6.13. The molecule has 0 saturated heterocycles. The zero-order valence-electron chi connectivity index (χ0n) is 20.6. The van der Waals surface area contributed by atoms with E-state index in [9.17, 15) is 0 Å². The SMILES string of the molecule is CCC(C)C.Cc1ccc(C)c(Cc2ccc(C3Nc4cc(CN(C)C)cnc4N3)o2)c1. The van der Waals surface area contributed by atoms with Crippen LogP contribution in [0.25, 0.3) is 0 Å². The summed E-state index contributed by atoms with van der Waals surface area (Å²) in [6, 6.07) is 12.8. The number of nitrogens with zero attached hydrogens (tertiary/aromatic N) is 2. The van der Waals surface area contributed by atoms with Gasteiger partial charge >= 0.3 is 0 Å². The van der Waals surface area contributed by atoms with Gasteiger partial charge in [0.2, 0.25) is 0 Å². The van der Waals surface area contributed by atoms with E-state index in [1.165, 1.54) is 28.7 Å². The molecule has 1 aromatic carbocycles. The van der Waals surface area contributed by atoms with Gasteiger partial charge in [0.1, 0.15) is 11.5 Å². The predicted octanol–water partition coefficient (Wildman–Crippen LogP) is 6.53. The Labute approximate surface area is 193 Å². The molecule has 172 valence electrons. The quantitative estimate of drug-likeness (QED) is 0.462. The minimum absolute atomic E-state index is 0.0885. The van der Waals surface area contributed by atoms with Gasteiger partial charge in [0, 0.05) is 19.2 Å². The molecule has 1 unspecified atom stereocenters. The molecule has 0 bridgehead atoms. The lowest BCUT2D eigenvalue weighted by Crippen LogP contribution is -2.11. The Morgan fingerprint density at radius 1 is 1.06 bits per heavy atom. The second-order valence-electron chi connectivity index (χ2n) is 9.41. The Morgan fingerprint density at radius 2 is 1.81 bits per heavy atom. The molecule has 0 saturated carbocycles. The van der Waals surface area contributed by atoms with E-state index in [-0.39, 0.29) is 6.17 Å². The van der Waals surface area contributed by atoms with Gasteiger partial charge in [-0.25, -0.2) is 4.98 Å². The molecule has 2 aromatic heterocycles. The van der Waals surface area contributed by atoms with Gasteiger partial charge in [-0.05, 0) is 68.8 Å². The van der Waals surface area contributed by atoms with Crippen LogP contribution in [0.4, 0.5) is 11.5 Å². The van der Waals surface area contributed by atoms with Crippen LogP contribution in [0.1, 0.15) is 67.1 Å². The van der Waals surface area contributed by atoms with E-state index in [0.717, 1.165) is 41.9 Å². The number of nitrogens with one attached hydrogen (secondary N) is 2. The van der Waals surface area contributed by atoms with Crippen molar-refractivity contribution in [1.29, 1.82) is 0 Å². The first-order valence-electron chi connectivity index (χ1n) is 11.6. The predicted molar refractivity (Wildman–Crippen MR) is 134 cm³/mol. The van der Waals surface area contributed by atoms with Crippen molar-refractivity contribution in [3.8, 4) is 0 Å². The van der Waals surface area contributed by atoms with Gasteiger partial charge in [-0.3, -0.25) is 0 Å². The summed E-state index contributed by atoms with van der Waals surface area (Å²) in [4.78, 5) is 6.68. The van der Waals surface area contributed by atoms with Crippen LogP contribution in [-0.4, -0.2) is 24.0 Å². The third kappa shape index (κ3) is 6.36. The van der Waals surface area contributed by atoms with Crippen LogP contribution in [0.2, 0.25) is 0 Å². The summed E-state index contributed by atoms with van der Waals surface area (Å²) in [7, 11) is 4.12. The number of pyridine rings is 1. The van der Waals surface area contributed by atoms with E-state index < -0.39 is 0 Å². The maximum Gasteiger partial charge on any atom is 0.158 e. The average molecular weight is 435 g/mol. The minimum atomic E-state index is -0.0885. The van der Waals surface area contributed by atoms with Gasteiger partial charge in [-0.1, -0.05) is 51.0 Å². The number of aromatic nitrogens is 1. The average Bonchev–Trinajstić information content (AvgIpc) is 3.37. The maximum atomic E-state index is 6.13. The van der Waals surface area contributed by atoms with Gasteiger partial charge in [-0.2, -0.15) is 0 Å². The van der Waals surface area contributed by atoms with E-state index in [0.29, 0.717) is 0 Å². The molecule has 4 rings (SSSR count). The Kier molecular flexibility index (Phi) is 7.97. The smallest absolute Gasteiger partial charge is 0.158 e. The number of rotatable bonds is 6. The fourth-order valence-corrected chi connectivity index (χ4v) is 3.48. The van der Waals surface area contributed by atoms with E-state index in [2.05, 4.69) is 99.6 Å². The van der Waals surface area contributed by atoms with Crippen LogP contribution in [0.15, 0.2) is 47.0 Å². The minimum Gasteiger partial charge on any atom is -0.462 e. The van der Waals surface area contributed by atoms with Gasteiger partial charge in [0.25, 0.3) is 0 Å². The lowest BCUT2D eigenvalue weighted by atomic mass is 10.0. The summed E-state index contributed by atoms with van der Waals surface area (Å²) >= 11 is 0. The Balaban J connectivity index is 0.000000523. The number of furan rings is 1. The highest BCUT2D eigenvalue weighted by atomic mass is 16.3. The van der Waals surface area contributed by atoms with Crippen LogP contribution < -0.4 is 10.6 Å². The fraction of sp³-hybridized carbons (Fsp3) is 0.444. The van der Waals surface area contributed by atoms with Crippen molar-refractivity contribution in [2.45, 2.75) is 60.2 Å². The summed E-state index contributed by atoms with van der Waals surface area (Å²) in [6.07, 6.45) is 3.94. The molecule has 3 aromatic rings. The zero-order chi connectivity index (χ0) is 23.3. The van der Waals surface area contributed by atoms with Crippen molar-refractivity contribution < 1.29 is 4.42 Å². The number of hydrogen-bond acceptors (Lipinski definition) is 5. The molecule has 1 aliphatic rings. The summed E-state index contributed by atoms with van der Waals surface area (Å²) in [5.74, 6) is 3.60. The van der Waals surface area contributed by atoms with Crippen molar-refractivity contribution >= 4 is 11.5 Å². The number of aryl methyl sites for hydroxylation is 2. The van der Waals surface area contributed by atoms with E-state index in [1.807, 2.05) is 12.3 Å². The normalized spacial score (nSPS) is 14.6. The third-order valence-electron chi connectivity index (χ3n) is 5.68. The van der Waals surface area contributed by atoms with Gasteiger partial charge < -0.3 is 20.0 Å². The molecule has 32 heavy (non-hydrogen) atoms. The third-order valence-corrected chi connectivity index (χ3v) is 5.68. The molecular weight excluding hydrogens is 396 g/mol. The van der Waals surface area contributed by atoms with Crippen molar-refractivity contribution in [3.63, 3.8) is 0 Å². The number of fused-ring (bicyclic) bond motifs is 1. The standard InChI is InChI=1S/C22H26N4O.C5H12/c1-14-5-6-15(2)17(9-14)11-18-7-8-20(27-18)22-24-19-10-16(13-26(3)4)12-23-21(19)25-22;1-4-5(2)3/h5-10,12,22,24H,11,13H2,1-4H3,(H,23,25);5H,4H2,1-3H3. The highest BCUT2D eigenvalue weighted by Crippen LogP contribution is 2.35. The highest BCUT2D eigenvalue weighted by Gasteiger charge is 2.25. The van der Waals surface area contributed by atoms with Crippen LogP contribution in [0, 0.1) is 19.8 Å². The summed E-state index contributed by atoms with van der Waals surface area (Å²) in [6.45, 7) is 11.8. The van der Waals surface area contributed by atoms with Crippen LogP contribution in [0.3, 0.4) is 0 Å². The maximum absolute atomic E-state index is 6.13. The molecule has 1 atom stereocenters. The second kappa shape index (κ2) is 10.7. The Bertz CT molecular complexity index is 1020. The van der Waals surface area contributed by atoms with E-state index >= 15 is 0 Å².